The van der Waals surface area contributed by atoms with Gasteiger partial charge in [0.1, 0.15) is 5.76 Å². The molecule has 6 heteroatoms. The van der Waals surface area contributed by atoms with Gasteiger partial charge in [0.05, 0.1) is 12.3 Å². The van der Waals surface area contributed by atoms with Crippen LogP contribution in [0.2, 0.25) is 5.02 Å². The van der Waals surface area contributed by atoms with Gasteiger partial charge in [-0.15, -0.1) is 0 Å². The summed E-state index contributed by atoms with van der Waals surface area (Å²) in [6.07, 6.45) is 4.93. The molecule has 0 saturated carbocycles. The van der Waals surface area contributed by atoms with Crippen molar-refractivity contribution >= 4 is 35.3 Å². The number of halogens is 1. The van der Waals surface area contributed by atoms with Crippen LogP contribution in [0.4, 0.5) is 0 Å². The molecule has 2 aromatic rings. The first-order valence-electron chi connectivity index (χ1n) is 8.29. The Hall–Kier alpha value is -1.69. The molecule has 1 aliphatic heterocycles. The molecule has 0 spiro atoms. The van der Waals surface area contributed by atoms with Gasteiger partial charge in [-0.3, -0.25) is 9.69 Å². The zero-order chi connectivity index (χ0) is 17.5. The van der Waals surface area contributed by atoms with Crippen LogP contribution in [0.3, 0.4) is 0 Å². The zero-order valence-electron chi connectivity index (χ0n) is 13.9. The van der Waals surface area contributed by atoms with Gasteiger partial charge in [-0.05, 0) is 29.8 Å². The van der Waals surface area contributed by atoms with Crippen LogP contribution < -0.4 is 5.32 Å². The number of furan rings is 1. The van der Waals surface area contributed by atoms with Gasteiger partial charge in [0.25, 0.3) is 0 Å². The van der Waals surface area contributed by atoms with Crippen molar-refractivity contribution in [2.75, 3.05) is 31.1 Å². The van der Waals surface area contributed by atoms with Gasteiger partial charge in [0, 0.05) is 42.2 Å². The maximum absolute atomic E-state index is 12.2. The Morgan fingerprint density at radius 2 is 2.08 bits per heavy atom. The lowest BCUT2D eigenvalue weighted by Crippen LogP contribution is -2.41. The largest absolute Gasteiger partial charge is 0.468 e. The fraction of sp³-hybridized carbons (Fsp3) is 0.316. The second kappa shape index (κ2) is 9.13. The number of nitrogens with zero attached hydrogens (tertiary/aromatic N) is 1. The van der Waals surface area contributed by atoms with Crippen molar-refractivity contribution in [3.63, 3.8) is 0 Å². The van der Waals surface area contributed by atoms with Crippen LogP contribution in [0, 0.1) is 0 Å². The lowest BCUT2D eigenvalue weighted by Gasteiger charge is -2.33. The summed E-state index contributed by atoms with van der Waals surface area (Å²) in [6, 6.07) is 11.4. The van der Waals surface area contributed by atoms with Crippen molar-refractivity contribution < 1.29 is 9.21 Å². The summed E-state index contributed by atoms with van der Waals surface area (Å²) in [4.78, 5) is 14.6. The molecule has 0 aliphatic carbocycles. The molecule has 3 rings (SSSR count). The Bertz CT molecular complexity index is 712. The standard InChI is InChI=1S/C19H21ClN2O2S/c20-16-5-2-1-4-15(16)7-8-19(23)21-14-17(18-6-3-11-24-18)22-9-12-25-13-10-22/h1-8,11,17H,9-10,12-14H2,(H,21,23)/b8-7+/t17-/m1/s1. The Labute approximate surface area is 157 Å². The molecule has 1 atom stereocenters. The van der Waals surface area contributed by atoms with Crippen molar-refractivity contribution in [2.24, 2.45) is 0 Å². The van der Waals surface area contributed by atoms with E-state index in [-0.39, 0.29) is 11.9 Å². The van der Waals surface area contributed by atoms with E-state index in [2.05, 4.69) is 10.2 Å². The third kappa shape index (κ3) is 5.14. The van der Waals surface area contributed by atoms with E-state index in [1.54, 1.807) is 18.4 Å². The number of thioether (sulfide) groups is 1. The molecule has 25 heavy (non-hydrogen) atoms. The third-order valence-corrected chi connectivity index (χ3v) is 5.43. The lowest BCUT2D eigenvalue weighted by atomic mass is 10.1. The molecule has 1 amide bonds. The van der Waals surface area contributed by atoms with E-state index in [1.165, 1.54) is 6.08 Å². The summed E-state index contributed by atoms with van der Waals surface area (Å²) in [5.41, 5.74) is 0.829. The second-order valence-corrected chi connectivity index (χ2v) is 7.41. The topological polar surface area (TPSA) is 45.5 Å². The van der Waals surface area contributed by atoms with E-state index in [0.29, 0.717) is 11.6 Å². The predicted molar refractivity (Wildman–Crippen MR) is 104 cm³/mol. The predicted octanol–water partition coefficient (Wildman–Crippen LogP) is 3.85. The van der Waals surface area contributed by atoms with Gasteiger partial charge in [-0.2, -0.15) is 11.8 Å². The molecule has 1 aromatic carbocycles. The number of benzene rings is 1. The first-order valence-corrected chi connectivity index (χ1v) is 9.83. The van der Waals surface area contributed by atoms with E-state index < -0.39 is 0 Å². The lowest BCUT2D eigenvalue weighted by molar-refractivity contribution is -0.116. The van der Waals surface area contributed by atoms with Crippen LogP contribution in [-0.2, 0) is 4.79 Å². The smallest absolute Gasteiger partial charge is 0.244 e. The summed E-state index contributed by atoms with van der Waals surface area (Å²) in [7, 11) is 0. The summed E-state index contributed by atoms with van der Waals surface area (Å²) >= 11 is 8.06. The van der Waals surface area contributed by atoms with Gasteiger partial charge < -0.3 is 9.73 Å². The molecule has 0 radical (unpaired) electrons. The zero-order valence-corrected chi connectivity index (χ0v) is 15.4. The van der Waals surface area contributed by atoms with Crippen molar-refractivity contribution in [3.8, 4) is 0 Å². The van der Waals surface area contributed by atoms with Crippen LogP contribution >= 0.6 is 23.4 Å². The van der Waals surface area contributed by atoms with Gasteiger partial charge in [0.15, 0.2) is 0 Å². The van der Waals surface area contributed by atoms with Gasteiger partial charge in [0.2, 0.25) is 5.91 Å². The van der Waals surface area contributed by atoms with E-state index in [1.807, 2.05) is 42.1 Å². The van der Waals surface area contributed by atoms with Crippen molar-refractivity contribution in [1.82, 2.24) is 10.2 Å². The van der Waals surface area contributed by atoms with Crippen molar-refractivity contribution in [2.45, 2.75) is 6.04 Å². The monoisotopic (exact) mass is 376 g/mol. The summed E-state index contributed by atoms with van der Waals surface area (Å²) in [5.74, 6) is 2.97. The van der Waals surface area contributed by atoms with Crippen LogP contribution in [0.25, 0.3) is 6.08 Å². The number of nitrogens with one attached hydrogen (secondary N) is 1. The number of rotatable bonds is 6. The Balaban J connectivity index is 1.60. The molecule has 1 saturated heterocycles. The maximum Gasteiger partial charge on any atom is 0.244 e. The average Bonchev–Trinajstić information content (AvgIpc) is 3.16. The molecule has 1 aliphatic rings. The molecule has 4 nitrogen and oxygen atoms in total. The molecular weight excluding hydrogens is 356 g/mol. The third-order valence-electron chi connectivity index (χ3n) is 4.15. The summed E-state index contributed by atoms with van der Waals surface area (Å²) in [6.45, 7) is 2.52. The minimum absolute atomic E-state index is 0.0635. The first kappa shape index (κ1) is 18.1. The van der Waals surface area contributed by atoms with Crippen LogP contribution in [0.1, 0.15) is 17.4 Å². The molecular formula is C19H21ClN2O2S. The van der Waals surface area contributed by atoms with Crippen LogP contribution in [-0.4, -0.2) is 41.9 Å². The molecule has 0 unspecified atom stereocenters. The highest BCUT2D eigenvalue weighted by Crippen LogP contribution is 2.24. The van der Waals surface area contributed by atoms with E-state index >= 15 is 0 Å². The van der Waals surface area contributed by atoms with Gasteiger partial charge in [-0.25, -0.2) is 0 Å². The van der Waals surface area contributed by atoms with E-state index in [9.17, 15) is 4.79 Å². The fourth-order valence-electron chi connectivity index (χ4n) is 2.81. The summed E-state index contributed by atoms with van der Waals surface area (Å²) < 4.78 is 5.59. The van der Waals surface area contributed by atoms with E-state index in [0.717, 1.165) is 35.9 Å². The highest BCUT2D eigenvalue weighted by molar-refractivity contribution is 7.99. The number of hydrogen-bond donors (Lipinski definition) is 1. The Morgan fingerprint density at radius 3 is 2.80 bits per heavy atom. The normalized spacial score (nSPS) is 16.8. The molecule has 1 fully saturated rings. The SMILES string of the molecule is O=C(/C=C/c1ccccc1Cl)NC[C@H](c1ccco1)N1CCSCC1. The molecule has 1 aromatic heterocycles. The van der Waals surface area contributed by atoms with E-state index in [4.69, 9.17) is 16.0 Å². The first-order chi connectivity index (χ1) is 12.2. The molecule has 132 valence electrons. The van der Waals surface area contributed by atoms with Gasteiger partial charge in [-0.1, -0.05) is 29.8 Å². The fourth-order valence-corrected chi connectivity index (χ4v) is 3.94. The minimum atomic E-state index is -0.136. The van der Waals surface area contributed by atoms with Gasteiger partial charge >= 0.3 is 0 Å². The molecule has 2 heterocycles. The highest BCUT2D eigenvalue weighted by Gasteiger charge is 2.24. The summed E-state index contributed by atoms with van der Waals surface area (Å²) in [5, 5.41) is 3.61. The number of carbonyl (C=O) groups excluding carboxylic acids is 1. The quantitative estimate of drug-likeness (QED) is 0.778. The Morgan fingerprint density at radius 1 is 1.28 bits per heavy atom. The number of amides is 1. The van der Waals surface area contributed by atoms with Crippen molar-refractivity contribution in [3.05, 3.63) is 65.1 Å². The maximum atomic E-state index is 12.2. The molecule has 0 bridgehead atoms. The van der Waals surface area contributed by atoms with Crippen molar-refractivity contribution in [1.29, 1.82) is 0 Å². The molecule has 1 N–H and O–H groups in total. The number of hydrogen-bond acceptors (Lipinski definition) is 4. The highest BCUT2D eigenvalue weighted by atomic mass is 35.5. The second-order valence-electron chi connectivity index (χ2n) is 5.78. The average molecular weight is 377 g/mol. The minimum Gasteiger partial charge on any atom is -0.468 e. The van der Waals surface area contributed by atoms with Crippen LogP contribution in [0.15, 0.2) is 53.2 Å². The Kier molecular flexibility index (Phi) is 6.62. The number of carbonyl (C=O) groups is 1. The van der Waals surface area contributed by atoms with Crippen LogP contribution in [0.5, 0.6) is 0 Å².